The second kappa shape index (κ2) is 18.2. The maximum atomic E-state index is 10.2. The van der Waals surface area contributed by atoms with Crippen LogP contribution in [0.2, 0.25) is 0 Å². The molecule has 0 rings (SSSR count). The summed E-state index contributed by atoms with van der Waals surface area (Å²) < 4.78 is 10.3. The van der Waals surface area contributed by atoms with Crippen LogP contribution in [0.25, 0.3) is 0 Å². The zero-order valence-corrected chi connectivity index (χ0v) is 19.0. The van der Waals surface area contributed by atoms with Gasteiger partial charge in [0, 0.05) is 11.9 Å². The molecular formula is C18H38N2O8. The summed E-state index contributed by atoms with van der Waals surface area (Å²) in [4.78, 5) is 39.8. The van der Waals surface area contributed by atoms with E-state index >= 15 is 0 Å². The van der Waals surface area contributed by atoms with Crippen LogP contribution in [0.1, 0.15) is 25.7 Å². The highest BCUT2D eigenvalue weighted by molar-refractivity contribution is 5.75. The van der Waals surface area contributed by atoms with Crippen LogP contribution in [0.3, 0.4) is 0 Å². The lowest BCUT2D eigenvalue weighted by atomic mass is 10.3. The molecule has 0 unspecified atom stereocenters. The van der Waals surface area contributed by atoms with Crippen LogP contribution in [-0.4, -0.2) is 103 Å². The van der Waals surface area contributed by atoms with Gasteiger partial charge in [0.2, 0.25) is 0 Å². The van der Waals surface area contributed by atoms with Gasteiger partial charge in [-0.15, -0.1) is 0 Å². The van der Waals surface area contributed by atoms with E-state index in [1.807, 2.05) is 0 Å². The molecule has 0 aliphatic heterocycles. The molecule has 168 valence electrons. The summed E-state index contributed by atoms with van der Waals surface area (Å²) in [6.45, 7) is 0. The average molecular weight is 411 g/mol. The number of esters is 2. The first-order valence-electron chi connectivity index (χ1n) is 8.44. The Balaban J connectivity index is -0.000000143. The maximum Gasteiger partial charge on any atom is 0.305 e. The second-order valence-electron chi connectivity index (χ2n) is 8.26. The van der Waals surface area contributed by atoms with Crippen molar-refractivity contribution in [3.05, 3.63) is 0 Å². The molecule has 0 radical (unpaired) electrons. The Morgan fingerprint density at radius 3 is 0.857 bits per heavy atom. The van der Waals surface area contributed by atoms with Crippen molar-refractivity contribution in [2.24, 2.45) is 0 Å². The zero-order chi connectivity index (χ0) is 23.6. The van der Waals surface area contributed by atoms with Gasteiger partial charge in [-0.3, -0.25) is 9.59 Å². The summed E-state index contributed by atoms with van der Waals surface area (Å²) in [6, 6.07) is 0. The molecule has 10 nitrogen and oxygen atoms in total. The molecule has 0 saturated heterocycles. The number of quaternary nitrogens is 2. The minimum absolute atomic E-state index is 0.112. The van der Waals surface area contributed by atoms with E-state index in [-0.39, 0.29) is 25.7 Å². The van der Waals surface area contributed by atoms with Crippen molar-refractivity contribution in [2.45, 2.75) is 25.7 Å². The molecule has 28 heavy (non-hydrogen) atoms. The van der Waals surface area contributed by atoms with Gasteiger partial charge in [0.05, 0.1) is 83.4 Å². The Labute approximate surface area is 168 Å². The van der Waals surface area contributed by atoms with E-state index in [1.165, 1.54) is 14.2 Å². The third kappa shape index (κ3) is 88.9. The fourth-order valence-corrected chi connectivity index (χ4v) is 0.612. The van der Waals surface area contributed by atoms with E-state index in [4.69, 9.17) is 0 Å². The molecule has 0 bridgehead atoms. The molecule has 0 saturated carbocycles. The Kier molecular flexibility index (Phi) is 21.7. The van der Waals surface area contributed by atoms with E-state index in [2.05, 4.69) is 65.9 Å². The smallest absolute Gasteiger partial charge is 0.305 e. The summed E-state index contributed by atoms with van der Waals surface area (Å²) in [5.41, 5.74) is 0. The minimum Gasteiger partial charge on any atom is -0.550 e. The van der Waals surface area contributed by atoms with Crippen molar-refractivity contribution in [1.82, 2.24) is 0 Å². The molecule has 0 N–H and O–H groups in total. The molecule has 0 aromatic carbocycles. The van der Waals surface area contributed by atoms with E-state index in [0.717, 1.165) is 8.97 Å². The van der Waals surface area contributed by atoms with Gasteiger partial charge in [0.15, 0.2) is 0 Å². The van der Waals surface area contributed by atoms with Crippen LogP contribution < -0.4 is 10.2 Å². The van der Waals surface area contributed by atoms with E-state index < -0.39 is 23.9 Å². The lowest BCUT2D eigenvalue weighted by molar-refractivity contribution is -0.849. The Bertz CT molecular complexity index is 397. The van der Waals surface area contributed by atoms with Gasteiger partial charge in [-0.1, -0.05) is 0 Å². The van der Waals surface area contributed by atoms with Crippen LogP contribution in [0.4, 0.5) is 0 Å². The highest BCUT2D eigenvalue weighted by atomic mass is 16.5. The number of hydrogen-bond donors (Lipinski definition) is 0. The first-order chi connectivity index (χ1) is 12.3. The Hall–Kier alpha value is -2.20. The molecule has 0 aromatic heterocycles. The largest absolute Gasteiger partial charge is 0.550 e. The van der Waals surface area contributed by atoms with Gasteiger partial charge in [-0.05, 0) is 12.8 Å². The summed E-state index contributed by atoms with van der Waals surface area (Å²) in [7, 11) is 19.4. The number of rotatable bonds is 6. The predicted octanol–water partition coefficient (Wildman–Crippen LogP) is -1.98. The molecule has 0 amide bonds. The second-order valence-corrected chi connectivity index (χ2v) is 8.26. The molecule has 0 spiro atoms. The zero-order valence-electron chi connectivity index (χ0n) is 19.0. The summed E-state index contributed by atoms with van der Waals surface area (Å²) >= 11 is 0. The van der Waals surface area contributed by atoms with Crippen molar-refractivity contribution in [3.8, 4) is 0 Å². The standard InChI is InChI=1S/2C5H8O4.2C4H12N/c2*1-9-5(8)3-2-4(6)7;2*1-5(2,3)4/h2*2-3H2,1H3,(H,6,7);2*1-4H3/q;;2*+1/p-2. The number of carbonyl (C=O) groups excluding carboxylic acids is 4. The van der Waals surface area contributed by atoms with Crippen molar-refractivity contribution >= 4 is 23.9 Å². The van der Waals surface area contributed by atoms with Crippen molar-refractivity contribution < 1.29 is 47.8 Å². The number of methoxy groups -OCH3 is 2. The Morgan fingerprint density at radius 2 is 0.750 bits per heavy atom. The average Bonchev–Trinajstić information content (AvgIpc) is 2.47. The maximum absolute atomic E-state index is 10.2. The van der Waals surface area contributed by atoms with Crippen LogP contribution >= 0.6 is 0 Å². The summed E-state index contributed by atoms with van der Waals surface area (Å²) in [5, 5.41) is 19.4. The molecule has 0 aliphatic carbocycles. The molecule has 0 atom stereocenters. The number of carboxylic acids is 2. The number of nitrogens with zero attached hydrogens (tertiary/aromatic N) is 2. The monoisotopic (exact) mass is 410 g/mol. The number of carboxylic acid groups (broad SMARTS) is 2. The first-order valence-corrected chi connectivity index (χ1v) is 8.44. The molecule has 0 heterocycles. The highest BCUT2D eigenvalue weighted by Gasteiger charge is 1.98. The summed E-state index contributed by atoms with van der Waals surface area (Å²) in [6.07, 6.45) is -0.767. The van der Waals surface area contributed by atoms with Gasteiger partial charge in [-0.2, -0.15) is 0 Å². The molecule has 0 aliphatic rings. The summed E-state index contributed by atoms with van der Waals surface area (Å²) in [5.74, 6) is -3.53. The molecular weight excluding hydrogens is 372 g/mol. The molecule has 0 fully saturated rings. The SMILES string of the molecule is COC(=O)CCC(=O)[O-].COC(=O)CCC(=O)[O-].C[N+](C)(C)C.C[N+](C)(C)C. The van der Waals surface area contributed by atoms with Crippen LogP contribution in [0.15, 0.2) is 0 Å². The van der Waals surface area contributed by atoms with Crippen molar-refractivity contribution in [1.29, 1.82) is 0 Å². The lowest BCUT2D eigenvalue weighted by Gasteiger charge is -2.14. The third-order valence-electron chi connectivity index (χ3n) is 1.52. The Morgan fingerprint density at radius 1 is 0.571 bits per heavy atom. The predicted molar refractivity (Wildman–Crippen MR) is 100 cm³/mol. The van der Waals surface area contributed by atoms with Gasteiger partial charge >= 0.3 is 11.9 Å². The van der Waals surface area contributed by atoms with E-state index in [9.17, 15) is 29.4 Å². The lowest BCUT2D eigenvalue weighted by Crippen LogP contribution is -2.27. The van der Waals surface area contributed by atoms with Gasteiger partial charge in [-0.25, -0.2) is 0 Å². The number of ether oxygens (including phenoxy) is 2. The van der Waals surface area contributed by atoms with Crippen LogP contribution in [0.5, 0.6) is 0 Å². The normalized spacial score (nSPS) is 9.79. The molecule has 0 aromatic rings. The van der Waals surface area contributed by atoms with E-state index in [0.29, 0.717) is 0 Å². The number of carbonyl (C=O) groups is 4. The van der Waals surface area contributed by atoms with Gasteiger partial charge < -0.3 is 38.2 Å². The van der Waals surface area contributed by atoms with Crippen molar-refractivity contribution in [3.63, 3.8) is 0 Å². The van der Waals surface area contributed by atoms with Crippen LogP contribution in [0, 0.1) is 0 Å². The fraction of sp³-hybridized carbons (Fsp3) is 0.778. The topological polar surface area (TPSA) is 133 Å². The van der Waals surface area contributed by atoms with Crippen LogP contribution in [-0.2, 0) is 28.7 Å². The third-order valence-corrected chi connectivity index (χ3v) is 1.52. The number of aliphatic carboxylic acids is 2. The first kappa shape index (κ1) is 33.4. The number of hydrogen-bond acceptors (Lipinski definition) is 8. The van der Waals surface area contributed by atoms with Crippen molar-refractivity contribution in [2.75, 3.05) is 70.6 Å². The van der Waals surface area contributed by atoms with E-state index in [1.54, 1.807) is 0 Å². The quantitative estimate of drug-likeness (QED) is 0.363. The highest BCUT2D eigenvalue weighted by Crippen LogP contribution is 1.88. The fourth-order valence-electron chi connectivity index (χ4n) is 0.612. The van der Waals surface area contributed by atoms with Gasteiger partial charge in [0.1, 0.15) is 0 Å². The molecule has 10 heteroatoms. The minimum atomic E-state index is -1.24. The van der Waals surface area contributed by atoms with Gasteiger partial charge in [0.25, 0.3) is 0 Å².